The fourth-order valence-corrected chi connectivity index (χ4v) is 2.88. The first-order valence-electron chi connectivity index (χ1n) is 8.33. The van der Waals surface area contributed by atoms with E-state index in [0.29, 0.717) is 30.2 Å². The highest BCUT2D eigenvalue weighted by Crippen LogP contribution is 2.20. The summed E-state index contributed by atoms with van der Waals surface area (Å²) in [6.07, 6.45) is 1.07. The maximum absolute atomic E-state index is 13.2. The Morgan fingerprint density at radius 3 is 2.69 bits per heavy atom. The number of nitrogens with zero attached hydrogens (tertiary/aromatic N) is 2. The lowest BCUT2D eigenvalue weighted by Gasteiger charge is -2.07. The fourth-order valence-electron chi connectivity index (χ4n) is 2.65. The van der Waals surface area contributed by atoms with Crippen molar-refractivity contribution in [2.45, 2.75) is 26.3 Å². The highest BCUT2D eigenvalue weighted by atomic mass is 35.5. The van der Waals surface area contributed by atoms with Crippen molar-refractivity contribution in [3.63, 3.8) is 0 Å². The molecule has 1 amide bonds. The molecule has 0 aliphatic heterocycles. The van der Waals surface area contributed by atoms with Gasteiger partial charge in [0.1, 0.15) is 5.82 Å². The minimum Gasteiger partial charge on any atom is -0.309 e. The standard InChI is InChI=1S/C20H19ClFN3O/c1-14-11-19(23-20(26)10-7-15-5-3-2-4-6-15)24-25(14)13-16-8-9-17(22)12-18(16)21/h2-6,8-9,11-12H,7,10,13H2,1H3,(H,23,24,26). The van der Waals surface area contributed by atoms with E-state index in [9.17, 15) is 9.18 Å². The Kier molecular flexibility index (Phi) is 5.68. The molecular formula is C20H19ClFN3O. The Morgan fingerprint density at radius 1 is 1.19 bits per heavy atom. The first-order valence-corrected chi connectivity index (χ1v) is 8.71. The van der Waals surface area contributed by atoms with Crippen LogP contribution in [-0.4, -0.2) is 15.7 Å². The average molecular weight is 372 g/mol. The second-order valence-electron chi connectivity index (χ2n) is 6.10. The molecule has 2 aromatic carbocycles. The molecule has 3 rings (SSSR count). The molecule has 0 aliphatic carbocycles. The van der Waals surface area contributed by atoms with Gasteiger partial charge in [0.2, 0.25) is 5.91 Å². The van der Waals surface area contributed by atoms with Crippen LogP contribution < -0.4 is 5.32 Å². The zero-order chi connectivity index (χ0) is 18.5. The van der Waals surface area contributed by atoms with E-state index in [1.54, 1.807) is 16.8 Å². The number of carbonyl (C=O) groups excluding carboxylic acids is 1. The molecule has 1 aromatic heterocycles. The molecule has 0 unspecified atom stereocenters. The summed E-state index contributed by atoms with van der Waals surface area (Å²) in [5.74, 6) is 0.0411. The van der Waals surface area contributed by atoms with Crippen molar-refractivity contribution in [2.75, 3.05) is 5.32 Å². The van der Waals surface area contributed by atoms with Crippen LogP contribution in [0.3, 0.4) is 0 Å². The third kappa shape index (κ3) is 4.70. The maximum Gasteiger partial charge on any atom is 0.225 e. The second kappa shape index (κ2) is 8.15. The number of benzene rings is 2. The van der Waals surface area contributed by atoms with Crippen molar-refractivity contribution >= 4 is 23.3 Å². The lowest BCUT2D eigenvalue weighted by atomic mass is 10.1. The van der Waals surface area contributed by atoms with Gasteiger partial charge in [0, 0.05) is 23.2 Å². The second-order valence-corrected chi connectivity index (χ2v) is 6.51. The molecule has 1 N–H and O–H groups in total. The van der Waals surface area contributed by atoms with E-state index in [2.05, 4.69) is 10.4 Å². The van der Waals surface area contributed by atoms with Crippen LogP contribution in [0.5, 0.6) is 0 Å². The number of hydrogen-bond acceptors (Lipinski definition) is 2. The maximum atomic E-state index is 13.2. The van der Waals surface area contributed by atoms with E-state index >= 15 is 0 Å². The molecule has 4 nitrogen and oxygen atoms in total. The number of amides is 1. The average Bonchev–Trinajstić information content (AvgIpc) is 2.95. The van der Waals surface area contributed by atoms with Crippen molar-refractivity contribution in [1.29, 1.82) is 0 Å². The van der Waals surface area contributed by atoms with Gasteiger partial charge in [-0.05, 0) is 36.6 Å². The van der Waals surface area contributed by atoms with Crippen LogP contribution >= 0.6 is 11.6 Å². The quantitative estimate of drug-likeness (QED) is 0.688. The SMILES string of the molecule is Cc1cc(NC(=O)CCc2ccccc2)nn1Cc1ccc(F)cc1Cl. The van der Waals surface area contributed by atoms with Crippen molar-refractivity contribution in [2.24, 2.45) is 0 Å². The topological polar surface area (TPSA) is 46.9 Å². The molecule has 0 atom stereocenters. The lowest BCUT2D eigenvalue weighted by Crippen LogP contribution is -2.13. The lowest BCUT2D eigenvalue weighted by molar-refractivity contribution is -0.116. The van der Waals surface area contributed by atoms with E-state index in [1.165, 1.54) is 12.1 Å². The van der Waals surface area contributed by atoms with E-state index in [4.69, 9.17) is 11.6 Å². The predicted octanol–water partition coefficient (Wildman–Crippen LogP) is 4.60. The summed E-state index contributed by atoms with van der Waals surface area (Å²) in [6, 6.07) is 15.9. The Balaban J connectivity index is 1.61. The molecule has 0 saturated heterocycles. The number of nitrogens with one attached hydrogen (secondary N) is 1. The Labute approximate surface area is 156 Å². The number of carbonyl (C=O) groups is 1. The molecule has 0 saturated carbocycles. The summed E-state index contributed by atoms with van der Waals surface area (Å²) in [6.45, 7) is 2.30. The fraction of sp³-hybridized carbons (Fsp3) is 0.200. The van der Waals surface area contributed by atoms with Crippen molar-refractivity contribution in [1.82, 2.24) is 9.78 Å². The number of aryl methyl sites for hydroxylation is 2. The zero-order valence-corrected chi connectivity index (χ0v) is 15.1. The Bertz CT molecular complexity index is 909. The first kappa shape index (κ1) is 18.1. The van der Waals surface area contributed by atoms with Gasteiger partial charge in [0.15, 0.2) is 5.82 Å². The van der Waals surface area contributed by atoms with Gasteiger partial charge in [-0.2, -0.15) is 5.10 Å². The van der Waals surface area contributed by atoms with Crippen molar-refractivity contribution in [3.05, 3.63) is 82.3 Å². The third-order valence-corrected chi connectivity index (χ3v) is 4.42. The van der Waals surface area contributed by atoms with E-state index in [1.807, 2.05) is 37.3 Å². The summed E-state index contributed by atoms with van der Waals surface area (Å²) in [5.41, 5.74) is 2.76. The van der Waals surface area contributed by atoms with Crippen LogP contribution in [0.1, 0.15) is 23.2 Å². The molecule has 134 valence electrons. The smallest absolute Gasteiger partial charge is 0.225 e. The van der Waals surface area contributed by atoms with Crippen LogP contribution in [-0.2, 0) is 17.8 Å². The molecular weight excluding hydrogens is 353 g/mol. The molecule has 0 fully saturated rings. The molecule has 6 heteroatoms. The molecule has 26 heavy (non-hydrogen) atoms. The third-order valence-electron chi connectivity index (χ3n) is 4.07. The van der Waals surface area contributed by atoms with Gasteiger partial charge >= 0.3 is 0 Å². The summed E-state index contributed by atoms with van der Waals surface area (Å²) in [5, 5.41) is 7.57. The molecule has 0 radical (unpaired) electrons. The molecule has 1 heterocycles. The molecule has 3 aromatic rings. The van der Waals surface area contributed by atoms with Gasteiger partial charge in [0.25, 0.3) is 0 Å². The first-order chi connectivity index (χ1) is 12.5. The largest absolute Gasteiger partial charge is 0.309 e. The number of aromatic nitrogens is 2. The van der Waals surface area contributed by atoms with Crippen LogP contribution in [0.15, 0.2) is 54.6 Å². The van der Waals surface area contributed by atoms with Gasteiger partial charge in [0.05, 0.1) is 6.54 Å². The summed E-state index contributed by atoms with van der Waals surface area (Å²) < 4.78 is 14.9. The molecule has 0 aliphatic rings. The number of rotatable bonds is 6. The van der Waals surface area contributed by atoms with E-state index in [-0.39, 0.29) is 11.7 Å². The summed E-state index contributed by atoms with van der Waals surface area (Å²) >= 11 is 6.07. The summed E-state index contributed by atoms with van der Waals surface area (Å²) in [4.78, 5) is 12.1. The van der Waals surface area contributed by atoms with E-state index < -0.39 is 0 Å². The number of anilines is 1. The Hall–Kier alpha value is -2.66. The highest BCUT2D eigenvalue weighted by Gasteiger charge is 2.10. The predicted molar refractivity (Wildman–Crippen MR) is 101 cm³/mol. The van der Waals surface area contributed by atoms with Crippen molar-refractivity contribution in [3.8, 4) is 0 Å². The normalized spacial score (nSPS) is 10.7. The van der Waals surface area contributed by atoms with Crippen LogP contribution in [0.25, 0.3) is 0 Å². The van der Waals surface area contributed by atoms with E-state index in [0.717, 1.165) is 16.8 Å². The Morgan fingerprint density at radius 2 is 1.96 bits per heavy atom. The van der Waals surface area contributed by atoms with Gasteiger partial charge in [-0.25, -0.2) is 4.39 Å². The minimum atomic E-state index is -0.373. The van der Waals surface area contributed by atoms with Gasteiger partial charge in [-0.1, -0.05) is 48.0 Å². The van der Waals surface area contributed by atoms with Crippen molar-refractivity contribution < 1.29 is 9.18 Å². The van der Waals surface area contributed by atoms with Crippen LogP contribution in [0, 0.1) is 12.7 Å². The van der Waals surface area contributed by atoms with Gasteiger partial charge in [-0.3, -0.25) is 9.48 Å². The molecule has 0 spiro atoms. The number of halogens is 2. The summed E-state index contributed by atoms with van der Waals surface area (Å²) in [7, 11) is 0. The van der Waals surface area contributed by atoms with Gasteiger partial charge in [-0.15, -0.1) is 0 Å². The van der Waals surface area contributed by atoms with Crippen LogP contribution in [0.2, 0.25) is 5.02 Å². The van der Waals surface area contributed by atoms with Gasteiger partial charge < -0.3 is 5.32 Å². The molecule has 0 bridgehead atoms. The van der Waals surface area contributed by atoms with Crippen LogP contribution in [0.4, 0.5) is 10.2 Å². The zero-order valence-electron chi connectivity index (χ0n) is 14.4. The minimum absolute atomic E-state index is 0.0849. The number of hydrogen-bond donors (Lipinski definition) is 1. The monoisotopic (exact) mass is 371 g/mol. The highest BCUT2D eigenvalue weighted by molar-refractivity contribution is 6.31.